The Morgan fingerprint density at radius 3 is 2.40 bits per heavy atom. The van der Waals surface area contributed by atoms with Gasteiger partial charge in [0.1, 0.15) is 17.2 Å². The highest BCUT2D eigenvalue weighted by molar-refractivity contribution is 5.85. The Kier molecular flexibility index (Phi) is 6.86. The van der Waals surface area contributed by atoms with Gasteiger partial charge in [-0.25, -0.2) is 0 Å². The molecule has 1 aromatic heterocycles. The lowest BCUT2D eigenvalue weighted by Crippen LogP contribution is -2.43. The van der Waals surface area contributed by atoms with Crippen LogP contribution in [0.2, 0.25) is 0 Å². The van der Waals surface area contributed by atoms with Gasteiger partial charge >= 0.3 is 0 Å². The summed E-state index contributed by atoms with van der Waals surface area (Å²) in [6.07, 6.45) is 6.21. The average Bonchev–Trinajstić information content (AvgIpc) is 3.56. The van der Waals surface area contributed by atoms with Crippen molar-refractivity contribution in [2.75, 3.05) is 47.5 Å². The zero-order valence-corrected chi connectivity index (χ0v) is 20.9. The standard InChI is InChI=1S/C28H35N3O4/c1-33-20-7-9-25-23(15-20)24(17-29-25)19-10-13-30(14-11-19)18-28(32)31-12-4-5-26(31)22-8-6-21(34-2)16-27(22)35-3/h6-9,15-17,19,26,29H,4-5,10-14,18H2,1-3H3. The van der Waals surface area contributed by atoms with Crippen LogP contribution in [0.15, 0.2) is 42.6 Å². The number of H-pyrrole nitrogens is 1. The van der Waals surface area contributed by atoms with Gasteiger partial charge in [0.05, 0.1) is 33.9 Å². The van der Waals surface area contributed by atoms with Crippen LogP contribution in [-0.2, 0) is 4.79 Å². The number of benzene rings is 2. The number of fused-ring (bicyclic) bond motifs is 1. The Morgan fingerprint density at radius 2 is 1.66 bits per heavy atom. The maximum absolute atomic E-state index is 13.4. The average molecular weight is 478 g/mol. The number of piperidine rings is 1. The SMILES string of the molecule is COc1ccc(C2CCCN2C(=O)CN2CCC(c3c[nH]c4ccc(OC)cc34)CC2)c(OC)c1. The number of hydrogen-bond donors (Lipinski definition) is 1. The fourth-order valence-corrected chi connectivity index (χ4v) is 5.75. The molecule has 0 bridgehead atoms. The van der Waals surface area contributed by atoms with Crippen LogP contribution < -0.4 is 14.2 Å². The van der Waals surface area contributed by atoms with Crippen LogP contribution in [-0.4, -0.2) is 68.2 Å². The molecule has 7 nitrogen and oxygen atoms in total. The van der Waals surface area contributed by atoms with Gasteiger partial charge in [0.25, 0.3) is 0 Å². The topological polar surface area (TPSA) is 67.0 Å². The van der Waals surface area contributed by atoms with Crippen LogP contribution in [0.4, 0.5) is 0 Å². The van der Waals surface area contributed by atoms with Crippen LogP contribution >= 0.6 is 0 Å². The van der Waals surface area contributed by atoms with Gasteiger partial charge in [0.15, 0.2) is 0 Å². The van der Waals surface area contributed by atoms with E-state index < -0.39 is 0 Å². The van der Waals surface area contributed by atoms with E-state index in [9.17, 15) is 4.79 Å². The molecular weight excluding hydrogens is 442 g/mol. The van der Waals surface area contributed by atoms with Crippen molar-refractivity contribution in [2.24, 2.45) is 0 Å². The molecule has 3 heterocycles. The van der Waals surface area contributed by atoms with E-state index in [1.165, 1.54) is 10.9 Å². The van der Waals surface area contributed by atoms with E-state index >= 15 is 0 Å². The third-order valence-corrected chi connectivity index (χ3v) is 7.68. The molecule has 2 aliphatic rings. The van der Waals surface area contributed by atoms with E-state index in [-0.39, 0.29) is 11.9 Å². The molecule has 0 spiro atoms. The van der Waals surface area contributed by atoms with Crippen molar-refractivity contribution in [3.05, 3.63) is 53.7 Å². The fourth-order valence-electron chi connectivity index (χ4n) is 5.75. The second kappa shape index (κ2) is 10.2. The van der Waals surface area contributed by atoms with Crippen LogP contribution in [0.25, 0.3) is 10.9 Å². The van der Waals surface area contributed by atoms with Gasteiger partial charge < -0.3 is 24.1 Å². The molecule has 7 heteroatoms. The van der Waals surface area contributed by atoms with Gasteiger partial charge in [-0.3, -0.25) is 9.69 Å². The van der Waals surface area contributed by atoms with Gasteiger partial charge in [-0.05, 0) is 80.6 Å². The van der Waals surface area contributed by atoms with Crippen molar-refractivity contribution in [2.45, 2.75) is 37.6 Å². The van der Waals surface area contributed by atoms with E-state index in [0.29, 0.717) is 12.5 Å². The molecule has 5 rings (SSSR count). The Bertz CT molecular complexity index is 1180. The van der Waals surface area contributed by atoms with Crippen molar-refractivity contribution < 1.29 is 19.0 Å². The number of hydrogen-bond acceptors (Lipinski definition) is 5. The normalized spacial score (nSPS) is 19.3. The van der Waals surface area contributed by atoms with Crippen molar-refractivity contribution in [1.29, 1.82) is 0 Å². The molecular formula is C28H35N3O4. The second-order valence-corrected chi connectivity index (χ2v) is 9.56. The van der Waals surface area contributed by atoms with Gasteiger partial charge in [-0.2, -0.15) is 0 Å². The first-order chi connectivity index (χ1) is 17.1. The van der Waals surface area contributed by atoms with E-state index in [1.807, 2.05) is 29.2 Å². The summed E-state index contributed by atoms with van der Waals surface area (Å²) in [5.74, 6) is 3.13. The number of likely N-dealkylation sites (tertiary alicyclic amines) is 2. The molecule has 0 aliphatic carbocycles. The summed E-state index contributed by atoms with van der Waals surface area (Å²) in [7, 11) is 5.03. The van der Waals surface area contributed by atoms with E-state index in [2.05, 4.69) is 28.2 Å². The smallest absolute Gasteiger partial charge is 0.237 e. The van der Waals surface area contributed by atoms with Crippen LogP contribution in [0, 0.1) is 0 Å². The van der Waals surface area contributed by atoms with Crippen molar-refractivity contribution >= 4 is 16.8 Å². The zero-order chi connectivity index (χ0) is 24.4. The fraction of sp³-hybridized carbons (Fsp3) is 0.464. The molecule has 2 aliphatic heterocycles. The number of amides is 1. The first kappa shape index (κ1) is 23.5. The first-order valence-corrected chi connectivity index (χ1v) is 12.5. The molecule has 1 N–H and O–H groups in total. The summed E-state index contributed by atoms with van der Waals surface area (Å²) < 4.78 is 16.4. The number of ether oxygens (including phenoxy) is 3. The summed E-state index contributed by atoms with van der Waals surface area (Å²) in [5.41, 5.74) is 3.57. The highest BCUT2D eigenvalue weighted by Gasteiger charge is 2.33. The third kappa shape index (κ3) is 4.69. The molecule has 0 radical (unpaired) electrons. The lowest BCUT2D eigenvalue weighted by Gasteiger charge is -2.34. The Hall–Kier alpha value is -3.19. The molecule has 186 valence electrons. The van der Waals surface area contributed by atoms with E-state index in [0.717, 1.165) is 73.6 Å². The zero-order valence-electron chi connectivity index (χ0n) is 20.9. The van der Waals surface area contributed by atoms with Gasteiger partial charge in [0.2, 0.25) is 5.91 Å². The van der Waals surface area contributed by atoms with E-state index in [4.69, 9.17) is 14.2 Å². The van der Waals surface area contributed by atoms with Gasteiger partial charge in [0, 0.05) is 35.3 Å². The van der Waals surface area contributed by atoms with E-state index in [1.54, 1.807) is 21.3 Å². The summed E-state index contributed by atoms with van der Waals surface area (Å²) in [6.45, 7) is 3.13. The van der Waals surface area contributed by atoms with Crippen molar-refractivity contribution in [1.82, 2.24) is 14.8 Å². The molecule has 0 saturated carbocycles. The predicted molar refractivity (Wildman–Crippen MR) is 136 cm³/mol. The summed E-state index contributed by atoms with van der Waals surface area (Å²) in [4.78, 5) is 21.1. The highest BCUT2D eigenvalue weighted by Crippen LogP contribution is 2.39. The first-order valence-electron chi connectivity index (χ1n) is 12.5. The number of nitrogens with one attached hydrogen (secondary N) is 1. The minimum Gasteiger partial charge on any atom is -0.497 e. The highest BCUT2D eigenvalue weighted by atomic mass is 16.5. The molecule has 3 aromatic rings. The molecule has 2 aromatic carbocycles. The quantitative estimate of drug-likeness (QED) is 0.533. The Morgan fingerprint density at radius 1 is 0.914 bits per heavy atom. The second-order valence-electron chi connectivity index (χ2n) is 9.56. The van der Waals surface area contributed by atoms with Crippen LogP contribution in [0.3, 0.4) is 0 Å². The minimum absolute atomic E-state index is 0.0575. The molecule has 1 amide bonds. The summed E-state index contributed by atoms with van der Waals surface area (Å²) in [6, 6.07) is 12.1. The number of nitrogens with zero attached hydrogens (tertiary/aromatic N) is 2. The number of methoxy groups -OCH3 is 3. The Balaban J connectivity index is 1.22. The largest absolute Gasteiger partial charge is 0.497 e. The predicted octanol–water partition coefficient (Wildman–Crippen LogP) is 4.74. The number of carbonyl (C=O) groups is 1. The maximum Gasteiger partial charge on any atom is 0.237 e. The maximum atomic E-state index is 13.4. The third-order valence-electron chi connectivity index (χ3n) is 7.68. The Labute approximate surface area is 206 Å². The van der Waals surface area contributed by atoms with Crippen LogP contribution in [0.5, 0.6) is 17.2 Å². The number of rotatable bonds is 7. The van der Waals surface area contributed by atoms with Gasteiger partial charge in [-0.1, -0.05) is 0 Å². The van der Waals surface area contributed by atoms with Crippen LogP contribution in [0.1, 0.15) is 48.8 Å². The molecule has 35 heavy (non-hydrogen) atoms. The summed E-state index contributed by atoms with van der Waals surface area (Å²) in [5, 5.41) is 1.24. The summed E-state index contributed by atoms with van der Waals surface area (Å²) >= 11 is 0. The number of carbonyl (C=O) groups excluding carboxylic acids is 1. The lowest BCUT2D eigenvalue weighted by atomic mass is 9.89. The molecule has 2 saturated heterocycles. The number of aromatic amines is 1. The monoisotopic (exact) mass is 477 g/mol. The molecule has 1 unspecified atom stereocenters. The van der Waals surface area contributed by atoms with Crippen molar-refractivity contribution in [3.8, 4) is 17.2 Å². The minimum atomic E-state index is 0.0575. The van der Waals surface area contributed by atoms with Crippen molar-refractivity contribution in [3.63, 3.8) is 0 Å². The molecule has 2 fully saturated rings. The number of aromatic nitrogens is 1. The molecule has 1 atom stereocenters. The lowest BCUT2D eigenvalue weighted by molar-refractivity contribution is -0.133. The van der Waals surface area contributed by atoms with Gasteiger partial charge in [-0.15, -0.1) is 0 Å².